The number of methoxy groups -OCH3 is 1. The predicted molar refractivity (Wildman–Crippen MR) is 105 cm³/mol. The summed E-state index contributed by atoms with van der Waals surface area (Å²) in [6.45, 7) is 3.09. The van der Waals surface area contributed by atoms with Gasteiger partial charge in [0.05, 0.1) is 44.4 Å². The van der Waals surface area contributed by atoms with Crippen molar-refractivity contribution in [2.24, 2.45) is 0 Å². The van der Waals surface area contributed by atoms with E-state index in [1.165, 1.54) is 7.11 Å². The van der Waals surface area contributed by atoms with Gasteiger partial charge >= 0.3 is 0 Å². The molecule has 28 heavy (non-hydrogen) atoms. The lowest BCUT2D eigenvalue weighted by Crippen LogP contribution is -2.30. The first-order chi connectivity index (χ1) is 13.6. The minimum atomic E-state index is -0.227. The van der Waals surface area contributed by atoms with Crippen LogP contribution in [0.1, 0.15) is 35.2 Å². The molecule has 1 amide bonds. The number of halogens is 1. The first-order valence-electron chi connectivity index (χ1n) is 8.96. The lowest BCUT2D eigenvalue weighted by atomic mass is 10.1. The molecule has 0 atom stereocenters. The molecule has 0 N–H and O–H groups in total. The highest BCUT2D eigenvalue weighted by Crippen LogP contribution is 2.37. The van der Waals surface area contributed by atoms with Crippen LogP contribution < -0.4 is 9.47 Å². The molecule has 0 aliphatic rings. The fraction of sp³-hybridized carbons (Fsp3) is 0.286. The lowest BCUT2D eigenvalue weighted by molar-refractivity contribution is 0.0704. The van der Waals surface area contributed by atoms with Crippen LogP contribution in [0.2, 0.25) is 5.02 Å². The highest BCUT2D eigenvalue weighted by atomic mass is 35.5. The van der Waals surface area contributed by atoms with Crippen molar-refractivity contribution in [1.82, 2.24) is 4.90 Å². The van der Waals surface area contributed by atoms with Gasteiger partial charge in [0.25, 0.3) is 5.91 Å². The van der Waals surface area contributed by atoms with Gasteiger partial charge in [-0.25, -0.2) is 0 Å². The van der Waals surface area contributed by atoms with E-state index in [0.29, 0.717) is 53.3 Å². The molecule has 3 rings (SSSR count). The quantitative estimate of drug-likeness (QED) is 0.493. The Bertz CT molecular complexity index is 854. The summed E-state index contributed by atoms with van der Waals surface area (Å²) < 4.78 is 21.9. The third-order valence-electron chi connectivity index (χ3n) is 4.07. The van der Waals surface area contributed by atoms with Gasteiger partial charge in [0.15, 0.2) is 11.5 Å². The van der Waals surface area contributed by atoms with Crippen LogP contribution in [-0.2, 0) is 13.1 Å². The molecule has 0 saturated heterocycles. The maximum absolute atomic E-state index is 13.2. The predicted octanol–water partition coefficient (Wildman–Crippen LogP) is 5.17. The topological polar surface area (TPSA) is 65.0 Å². The Morgan fingerprint density at radius 1 is 1.11 bits per heavy atom. The van der Waals surface area contributed by atoms with Crippen molar-refractivity contribution in [3.05, 3.63) is 71.0 Å². The van der Waals surface area contributed by atoms with Gasteiger partial charge in [-0.3, -0.25) is 4.79 Å². The van der Waals surface area contributed by atoms with E-state index in [2.05, 4.69) is 0 Å². The van der Waals surface area contributed by atoms with Crippen molar-refractivity contribution >= 4 is 17.5 Å². The molecular formula is C21H22ClNO5. The van der Waals surface area contributed by atoms with Gasteiger partial charge in [-0.2, -0.15) is 0 Å². The number of carbonyl (C=O) groups excluding carboxylic acids is 1. The van der Waals surface area contributed by atoms with Crippen LogP contribution in [0.15, 0.2) is 57.8 Å². The van der Waals surface area contributed by atoms with Crippen LogP contribution in [0.4, 0.5) is 0 Å². The number of amides is 1. The highest BCUT2D eigenvalue weighted by molar-refractivity contribution is 6.32. The average Bonchev–Trinajstić information content (AvgIpc) is 3.39. The van der Waals surface area contributed by atoms with E-state index in [4.69, 9.17) is 29.9 Å². The summed E-state index contributed by atoms with van der Waals surface area (Å²) in [5.74, 6) is 1.96. The van der Waals surface area contributed by atoms with Crippen molar-refractivity contribution < 1.29 is 23.1 Å². The number of rotatable bonds is 9. The van der Waals surface area contributed by atoms with Crippen molar-refractivity contribution in [3.63, 3.8) is 0 Å². The summed E-state index contributed by atoms with van der Waals surface area (Å²) in [6, 6.07) is 10.4. The first-order valence-corrected chi connectivity index (χ1v) is 9.34. The Morgan fingerprint density at radius 2 is 1.75 bits per heavy atom. The van der Waals surface area contributed by atoms with Gasteiger partial charge in [0.2, 0.25) is 0 Å². The van der Waals surface area contributed by atoms with Crippen molar-refractivity contribution in [2.75, 3.05) is 13.7 Å². The van der Waals surface area contributed by atoms with E-state index in [-0.39, 0.29) is 5.91 Å². The van der Waals surface area contributed by atoms with Gasteiger partial charge in [-0.1, -0.05) is 18.5 Å². The number of hydrogen-bond acceptors (Lipinski definition) is 5. The van der Waals surface area contributed by atoms with Crippen molar-refractivity contribution in [3.8, 4) is 11.5 Å². The lowest BCUT2D eigenvalue weighted by Gasteiger charge is -2.22. The number of nitrogens with zero attached hydrogens (tertiary/aromatic N) is 1. The maximum Gasteiger partial charge on any atom is 0.254 e. The molecule has 2 aromatic heterocycles. The molecule has 6 nitrogen and oxygen atoms in total. The largest absolute Gasteiger partial charge is 0.493 e. The van der Waals surface area contributed by atoms with E-state index < -0.39 is 0 Å². The summed E-state index contributed by atoms with van der Waals surface area (Å²) >= 11 is 6.37. The van der Waals surface area contributed by atoms with E-state index >= 15 is 0 Å². The van der Waals surface area contributed by atoms with Gasteiger partial charge < -0.3 is 23.2 Å². The molecule has 1 aromatic carbocycles. The number of furan rings is 2. The van der Waals surface area contributed by atoms with Crippen LogP contribution in [-0.4, -0.2) is 24.5 Å². The minimum absolute atomic E-state index is 0.227. The molecular weight excluding hydrogens is 382 g/mol. The first kappa shape index (κ1) is 19.9. The Kier molecular flexibility index (Phi) is 6.66. The smallest absolute Gasteiger partial charge is 0.254 e. The zero-order chi connectivity index (χ0) is 19.9. The van der Waals surface area contributed by atoms with Crippen molar-refractivity contribution in [2.45, 2.75) is 26.4 Å². The van der Waals surface area contributed by atoms with Crippen LogP contribution >= 0.6 is 11.6 Å². The van der Waals surface area contributed by atoms with Crippen LogP contribution in [0.5, 0.6) is 11.5 Å². The molecule has 0 unspecified atom stereocenters. The van der Waals surface area contributed by atoms with Gasteiger partial charge in [0.1, 0.15) is 11.5 Å². The molecule has 148 valence electrons. The molecule has 0 aliphatic carbocycles. The minimum Gasteiger partial charge on any atom is -0.493 e. The second kappa shape index (κ2) is 9.37. The van der Waals surface area contributed by atoms with Gasteiger partial charge in [-0.05, 0) is 42.8 Å². The van der Waals surface area contributed by atoms with Gasteiger partial charge in [0, 0.05) is 5.56 Å². The van der Waals surface area contributed by atoms with Crippen LogP contribution in [0.3, 0.4) is 0 Å². The van der Waals surface area contributed by atoms with E-state index in [9.17, 15) is 4.79 Å². The summed E-state index contributed by atoms with van der Waals surface area (Å²) in [6.07, 6.45) is 3.98. The number of hydrogen-bond donors (Lipinski definition) is 0. The zero-order valence-corrected chi connectivity index (χ0v) is 16.6. The summed E-state index contributed by atoms with van der Waals surface area (Å²) in [7, 11) is 1.52. The number of benzene rings is 1. The average molecular weight is 404 g/mol. The molecule has 0 saturated carbocycles. The molecule has 7 heteroatoms. The van der Waals surface area contributed by atoms with E-state index in [1.54, 1.807) is 41.7 Å². The molecule has 3 aromatic rings. The van der Waals surface area contributed by atoms with Crippen LogP contribution in [0, 0.1) is 0 Å². The Hall–Kier alpha value is -2.86. The van der Waals surface area contributed by atoms with E-state index in [0.717, 1.165) is 6.42 Å². The van der Waals surface area contributed by atoms with Crippen LogP contribution in [0.25, 0.3) is 0 Å². The summed E-state index contributed by atoms with van der Waals surface area (Å²) in [4.78, 5) is 14.9. The second-order valence-electron chi connectivity index (χ2n) is 6.16. The van der Waals surface area contributed by atoms with E-state index in [1.807, 2.05) is 19.1 Å². The molecule has 0 radical (unpaired) electrons. The highest BCUT2D eigenvalue weighted by Gasteiger charge is 2.22. The summed E-state index contributed by atoms with van der Waals surface area (Å²) in [5.41, 5.74) is 0.392. The monoisotopic (exact) mass is 403 g/mol. The molecule has 0 aliphatic heterocycles. The number of carbonyl (C=O) groups is 1. The SMILES string of the molecule is CCCOc1c(Cl)cc(C(=O)N(Cc2ccco2)Cc2ccco2)cc1OC. The normalized spacial score (nSPS) is 10.7. The second-order valence-corrected chi connectivity index (χ2v) is 6.57. The third-order valence-corrected chi connectivity index (χ3v) is 4.35. The molecule has 0 fully saturated rings. The van der Waals surface area contributed by atoms with Crippen molar-refractivity contribution in [1.29, 1.82) is 0 Å². The maximum atomic E-state index is 13.2. The Morgan fingerprint density at radius 3 is 2.25 bits per heavy atom. The Balaban J connectivity index is 1.89. The molecule has 0 spiro atoms. The molecule has 2 heterocycles. The standard InChI is InChI=1S/C21H22ClNO5/c1-3-8-28-20-18(22)11-15(12-19(20)25-2)21(24)23(13-16-6-4-9-26-16)14-17-7-5-10-27-17/h4-7,9-12H,3,8,13-14H2,1-2H3. The fourth-order valence-electron chi connectivity index (χ4n) is 2.75. The fourth-order valence-corrected chi connectivity index (χ4v) is 3.02. The third kappa shape index (κ3) is 4.70. The molecule has 0 bridgehead atoms. The zero-order valence-electron chi connectivity index (χ0n) is 15.8. The summed E-state index contributed by atoms with van der Waals surface area (Å²) in [5, 5.41) is 0.326. The Labute approximate surface area is 168 Å². The van der Waals surface area contributed by atoms with Gasteiger partial charge in [-0.15, -0.1) is 0 Å². The number of ether oxygens (including phenoxy) is 2.